The molecule has 1 spiro atoms. The first-order valence-electron chi connectivity index (χ1n) is 8.25. The van der Waals surface area contributed by atoms with Crippen LogP contribution in [0.4, 0.5) is 0 Å². The Hall–Kier alpha value is -2.41. The van der Waals surface area contributed by atoms with Gasteiger partial charge >= 0.3 is 0 Å². The van der Waals surface area contributed by atoms with E-state index in [0.29, 0.717) is 13.0 Å². The monoisotopic (exact) mass is 323 g/mol. The molecule has 4 heteroatoms. The summed E-state index contributed by atoms with van der Waals surface area (Å²) >= 11 is 0. The fourth-order valence-electron chi connectivity index (χ4n) is 4.14. The van der Waals surface area contributed by atoms with E-state index in [0.717, 1.165) is 22.3 Å². The summed E-state index contributed by atoms with van der Waals surface area (Å²) < 4.78 is 0. The van der Waals surface area contributed by atoms with Gasteiger partial charge in [-0.25, -0.2) is 0 Å². The Balaban J connectivity index is 1.99. The molecule has 2 aliphatic rings. The number of carbonyl (C=O) groups is 3. The topological polar surface area (TPSA) is 63.2 Å². The van der Waals surface area contributed by atoms with E-state index < -0.39 is 11.3 Å². The third-order valence-electron chi connectivity index (χ3n) is 5.19. The molecule has 0 bridgehead atoms. The van der Waals surface area contributed by atoms with E-state index in [2.05, 4.69) is 17.2 Å². The number of benzene rings is 1. The van der Waals surface area contributed by atoms with E-state index >= 15 is 0 Å². The minimum Gasteiger partial charge on any atom is -0.356 e. The Morgan fingerprint density at radius 3 is 2.12 bits per heavy atom. The van der Waals surface area contributed by atoms with Crippen LogP contribution in [-0.4, -0.2) is 24.0 Å². The van der Waals surface area contributed by atoms with Crippen LogP contribution >= 0.6 is 0 Å². The van der Waals surface area contributed by atoms with Gasteiger partial charge in [0.2, 0.25) is 5.91 Å². The molecule has 1 aliphatic heterocycles. The molecule has 1 aromatic rings. The molecule has 0 aromatic heterocycles. The maximum atomic E-state index is 12.8. The number of nitrogens with one attached hydrogen (secondary N) is 1. The first-order valence-corrected chi connectivity index (χ1v) is 8.25. The van der Waals surface area contributed by atoms with Crippen LogP contribution in [0.25, 0.3) is 0 Å². The lowest BCUT2D eigenvalue weighted by atomic mass is 9.65. The largest absolute Gasteiger partial charge is 0.356 e. The Morgan fingerprint density at radius 1 is 1.08 bits per heavy atom. The average molecular weight is 323 g/mol. The molecule has 124 valence electrons. The molecule has 1 heterocycles. The van der Waals surface area contributed by atoms with Gasteiger partial charge in [0, 0.05) is 24.9 Å². The zero-order valence-electron chi connectivity index (χ0n) is 14.3. The Kier molecular flexibility index (Phi) is 4.04. The molecule has 0 unspecified atom stereocenters. The summed E-state index contributed by atoms with van der Waals surface area (Å²) in [5.74, 6) is 4.72. The Bertz CT molecular complexity index is 769. The summed E-state index contributed by atoms with van der Waals surface area (Å²) in [5, 5.41) is 2.76. The van der Waals surface area contributed by atoms with Crippen LogP contribution in [0.1, 0.15) is 54.4 Å². The summed E-state index contributed by atoms with van der Waals surface area (Å²) in [6.07, 6.45) is 0.883. The molecule has 1 N–H and O–H groups in total. The first kappa shape index (κ1) is 16.4. The maximum absolute atomic E-state index is 12.8. The van der Waals surface area contributed by atoms with E-state index in [1.54, 1.807) is 6.92 Å². The van der Waals surface area contributed by atoms with Gasteiger partial charge in [-0.3, -0.25) is 14.4 Å². The quantitative estimate of drug-likeness (QED) is 0.636. The molecule has 2 fully saturated rings. The van der Waals surface area contributed by atoms with Crippen molar-refractivity contribution in [3.63, 3.8) is 0 Å². The van der Waals surface area contributed by atoms with Gasteiger partial charge in [0.1, 0.15) is 17.5 Å². The van der Waals surface area contributed by atoms with Crippen LogP contribution in [0.3, 0.4) is 0 Å². The number of Topliss-reactive ketones (excluding diaryl/α,β-unsaturated/α-hetero) is 2. The molecule has 24 heavy (non-hydrogen) atoms. The minimum absolute atomic E-state index is 0.135. The molecule has 4 nitrogen and oxygen atoms in total. The highest BCUT2D eigenvalue weighted by Gasteiger charge is 2.52. The second kappa shape index (κ2) is 5.90. The van der Waals surface area contributed by atoms with Crippen LogP contribution in [0.2, 0.25) is 0 Å². The van der Waals surface area contributed by atoms with Crippen molar-refractivity contribution in [3.05, 3.63) is 34.4 Å². The summed E-state index contributed by atoms with van der Waals surface area (Å²) in [7, 11) is 0. The number of amides is 1. The molecule has 1 saturated heterocycles. The maximum Gasteiger partial charge on any atom is 0.227 e. The van der Waals surface area contributed by atoms with E-state index in [1.165, 1.54) is 0 Å². The fraction of sp³-hybridized carbons (Fsp3) is 0.450. The van der Waals surface area contributed by atoms with E-state index in [1.807, 2.05) is 26.0 Å². The summed E-state index contributed by atoms with van der Waals surface area (Å²) in [4.78, 5) is 37.7. The van der Waals surface area contributed by atoms with Gasteiger partial charge in [-0.1, -0.05) is 5.92 Å². The van der Waals surface area contributed by atoms with Gasteiger partial charge in [0.25, 0.3) is 0 Å². The molecule has 1 aromatic carbocycles. The molecule has 1 amide bonds. The highest BCUT2D eigenvalue weighted by molar-refractivity contribution is 6.13. The molecule has 0 radical (unpaired) electrons. The summed E-state index contributed by atoms with van der Waals surface area (Å²) in [6, 6.07) is 3.85. The van der Waals surface area contributed by atoms with Gasteiger partial charge in [0.15, 0.2) is 0 Å². The lowest BCUT2D eigenvalue weighted by Gasteiger charge is -2.34. The predicted octanol–water partition coefficient (Wildman–Crippen LogP) is 2.20. The van der Waals surface area contributed by atoms with Crippen molar-refractivity contribution in [2.24, 2.45) is 5.41 Å². The molecular formula is C20H21NO3. The van der Waals surface area contributed by atoms with Gasteiger partial charge in [-0.05, 0) is 56.0 Å². The highest BCUT2D eigenvalue weighted by Crippen LogP contribution is 2.44. The number of ketones is 2. The second-order valence-electron chi connectivity index (χ2n) is 6.90. The number of hydrogen-bond acceptors (Lipinski definition) is 3. The van der Waals surface area contributed by atoms with Crippen molar-refractivity contribution in [2.75, 3.05) is 6.54 Å². The predicted molar refractivity (Wildman–Crippen MR) is 90.5 cm³/mol. The SMILES string of the molecule is CC#Cc1cc(C)c(C2C(=O)CC3(CCNC3=O)CC2=O)c(C)c1. The number of carbonyl (C=O) groups excluding carboxylic acids is 3. The van der Waals surface area contributed by atoms with E-state index in [-0.39, 0.29) is 30.3 Å². The third kappa shape index (κ3) is 2.54. The lowest BCUT2D eigenvalue weighted by Crippen LogP contribution is -2.44. The van der Waals surface area contributed by atoms with Gasteiger partial charge in [0.05, 0.1) is 5.41 Å². The van der Waals surface area contributed by atoms with Gasteiger partial charge < -0.3 is 5.32 Å². The molecular weight excluding hydrogens is 302 g/mol. The van der Waals surface area contributed by atoms with Crippen molar-refractivity contribution in [1.82, 2.24) is 5.32 Å². The van der Waals surface area contributed by atoms with E-state index in [9.17, 15) is 14.4 Å². The van der Waals surface area contributed by atoms with Crippen LogP contribution in [-0.2, 0) is 14.4 Å². The fourth-order valence-corrected chi connectivity index (χ4v) is 4.14. The summed E-state index contributed by atoms with van der Waals surface area (Å²) in [5.41, 5.74) is 2.69. The van der Waals surface area contributed by atoms with Crippen LogP contribution < -0.4 is 5.32 Å². The van der Waals surface area contributed by atoms with Crippen molar-refractivity contribution >= 4 is 17.5 Å². The van der Waals surface area contributed by atoms with Crippen LogP contribution in [0.5, 0.6) is 0 Å². The zero-order chi connectivity index (χ0) is 17.5. The number of rotatable bonds is 1. The Labute approximate surface area is 142 Å². The highest BCUT2D eigenvalue weighted by atomic mass is 16.2. The standard InChI is InChI=1S/C20H21NO3/c1-4-5-14-8-12(2)17(13(3)9-14)18-15(22)10-20(11-16(18)23)6-7-21-19(20)24/h8-9,18H,6-7,10-11H2,1-3H3,(H,21,24). The molecule has 1 saturated carbocycles. The van der Waals surface area contributed by atoms with E-state index in [4.69, 9.17) is 0 Å². The van der Waals surface area contributed by atoms with Crippen molar-refractivity contribution in [3.8, 4) is 11.8 Å². The van der Waals surface area contributed by atoms with Gasteiger partial charge in [-0.15, -0.1) is 5.92 Å². The summed E-state index contributed by atoms with van der Waals surface area (Å²) in [6.45, 7) is 6.15. The smallest absolute Gasteiger partial charge is 0.227 e. The third-order valence-corrected chi connectivity index (χ3v) is 5.19. The van der Waals surface area contributed by atoms with Gasteiger partial charge in [-0.2, -0.15) is 0 Å². The van der Waals surface area contributed by atoms with Crippen LogP contribution in [0, 0.1) is 31.1 Å². The van der Waals surface area contributed by atoms with Crippen LogP contribution in [0.15, 0.2) is 12.1 Å². The molecule has 0 atom stereocenters. The number of aryl methyl sites for hydroxylation is 2. The minimum atomic E-state index is -0.805. The lowest BCUT2D eigenvalue weighted by molar-refractivity contribution is -0.143. The normalized spacial score (nSPS) is 26.3. The molecule has 1 aliphatic carbocycles. The molecule has 3 rings (SSSR count). The van der Waals surface area contributed by atoms with Crippen molar-refractivity contribution < 1.29 is 14.4 Å². The Morgan fingerprint density at radius 2 is 1.67 bits per heavy atom. The second-order valence-corrected chi connectivity index (χ2v) is 6.90. The van der Waals surface area contributed by atoms with Crippen molar-refractivity contribution in [2.45, 2.75) is 46.0 Å². The zero-order valence-corrected chi connectivity index (χ0v) is 14.3. The van der Waals surface area contributed by atoms with Crippen molar-refractivity contribution in [1.29, 1.82) is 0 Å². The number of hydrogen-bond donors (Lipinski definition) is 1. The average Bonchev–Trinajstić information content (AvgIpc) is 2.82. The first-order chi connectivity index (χ1) is 11.4.